The lowest BCUT2D eigenvalue weighted by Gasteiger charge is -2.12. The zero-order chi connectivity index (χ0) is 27.2. The van der Waals surface area contributed by atoms with Gasteiger partial charge in [0, 0.05) is 42.6 Å². The van der Waals surface area contributed by atoms with E-state index in [0.717, 1.165) is 23.0 Å². The molecule has 2 nitrogen and oxygen atoms in total. The third-order valence-electron chi connectivity index (χ3n) is 4.52. The molecule has 2 atom stereocenters. The Kier molecular flexibility index (Phi) is 16.1. The Morgan fingerprint density at radius 3 is 1.27 bits per heavy atom. The van der Waals surface area contributed by atoms with Crippen LogP contribution in [0.1, 0.15) is 27.7 Å². The van der Waals surface area contributed by atoms with Gasteiger partial charge in [-0.05, 0) is 87.4 Å². The van der Waals surface area contributed by atoms with E-state index in [1.54, 1.807) is 25.6 Å². The zero-order valence-corrected chi connectivity index (χ0v) is 27.4. The highest BCUT2D eigenvalue weighted by Gasteiger charge is 2.09. The maximum absolute atomic E-state index is 11.6. The summed E-state index contributed by atoms with van der Waals surface area (Å²) in [6, 6.07) is 17.5. The predicted octanol–water partition coefficient (Wildman–Crippen LogP) is 9.85. The first-order valence-corrected chi connectivity index (χ1v) is 18.4. The average Bonchev–Trinajstić information content (AvgIpc) is 2.86. The van der Waals surface area contributed by atoms with Crippen molar-refractivity contribution in [3.8, 4) is 0 Å². The Bertz CT molecular complexity index is 952. The van der Waals surface area contributed by atoms with Gasteiger partial charge in [-0.15, -0.1) is 47.0 Å². The molecule has 2 rings (SSSR count). The SMILES string of the molecule is C=C(C)C(=O)SCCSC(C)Sc1ccc(Sc2ccc(SC(C)SCCSC(=O)C(=C)C)cc2)cc1. The highest BCUT2D eigenvalue weighted by atomic mass is 32.2. The Morgan fingerprint density at radius 1 is 0.622 bits per heavy atom. The van der Waals surface area contributed by atoms with Gasteiger partial charge in [0.1, 0.15) is 0 Å². The second-order valence-corrected chi connectivity index (χ2v) is 17.6. The van der Waals surface area contributed by atoms with E-state index < -0.39 is 0 Å². The van der Waals surface area contributed by atoms with E-state index in [4.69, 9.17) is 0 Å². The van der Waals surface area contributed by atoms with Crippen LogP contribution >= 0.6 is 82.3 Å². The summed E-state index contributed by atoms with van der Waals surface area (Å²) in [4.78, 5) is 28.2. The molecule has 0 aliphatic carbocycles. The number of hydrogen-bond acceptors (Lipinski definition) is 9. The summed E-state index contributed by atoms with van der Waals surface area (Å²) < 4.78 is 0.865. The van der Waals surface area contributed by atoms with Gasteiger partial charge in [0.2, 0.25) is 10.2 Å². The molecule has 0 spiro atoms. The smallest absolute Gasteiger partial charge is 0.214 e. The van der Waals surface area contributed by atoms with Gasteiger partial charge in [0.05, 0.1) is 9.16 Å². The molecule has 0 fully saturated rings. The molecule has 2 aromatic rings. The summed E-state index contributed by atoms with van der Waals surface area (Å²) in [5, 5.41) is 0.186. The third-order valence-corrected chi connectivity index (χ3v) is 13.1. The number of rotatable bonds is 16. The van der Waals surface area contributed by atoms with Crippen molar-refractivity contribution >= 4 is 92.6 Å². The van der Waals surface area contributed by atoms with Crippen molar-refractivity contribution in [1.29, 1.82) is 0 Å². The molecule has 37 heavy (non-hydrogen) atoms. The zero-order valence-electron chi connectivity index (χ0n) is 21.7. The summed E-state index contributed by atoms with van der Waals surface area (Å²) in [5.74, 6) is 3.55. The van der Waals surface area contributed by atoms with Crippen molar-refractivity contribution < 1.29 is 9.59 Å². The maximum atomic E-state index is 11.6. The van der Waals surface area contributed by atoms with Gasteiger partial charge >= 0.3 is 0 Å². The van der Waals surface area contributed by atoms with Crippen LogP contribution in [0.2, 0.25) is 0 Å². The molecular formula is C28H34O2S7. The number of hydrogen-bond donors (Lipinski definition) is 0. The highest BCUT2D eigenvalue weighted by Crippen LogP contribution is 2.36. The highest BCUT2D eigenvalue weighted by molar-refractivity contribution is 8.19. The van der Waals surface area contributed by atoms with Crippen LogP contribution in [0.25, 0.3) is 0 Å². The van der Waals surface area contributed by atoms with E-state index in [-0.39, 0.29) is 10.2 Å². The molecule has 0 aliphatic heterocycles. The second kappa shape index (κ2) is 18.1. The first-order chi connectivity index (χ1) is 17.6. The normalized spacial score (nSPS) is 12.6. The van der Waals surface area contributed by atoms with E-state index in [2.05, 4.69) is 75.5 Å². The molecule has 0 saturated carbocycles. The lowest BCUT2D eigenvalue weighted by molar-refractivity contribution is -0.108. The summed E-state index contributed by atoms with van der Waals surface area (Å²) in [7, 11) is 0. The van der Waals surface area contributed by atoms with Gasteiger partial charge in [0.25, 0.3) is 0 Å². The minimum absolute atomic E-state index is 0.0930. The largest absolute Gasteiger partial charge is 0.282 e. The lowest BCUT2D eigenvalue weighted by Crippen LogP contribution is -1.98. The molecule has 200 valence electrons. The number of thioether (sulfide) groups is 6. The van der Waals surface area contributed by atoms with Gasteiger partial charge in [-0.3, -0.25) is 9.59 Å². The molecule has 0 heterocycles. The Morgan fingerprint density at radius 2 is 0.946 bits per heavy atom. The van der Waals surface area contributed by atoms with Crippen LogP contribution < -0.4 is 0 Å². The van der Waals surface area contributed by atoms with Crippen LogP contribution in [0.5, 0.6) is 0 Å². The van der Waals surface area contributed by atoms with Crippen LogP contribution in [0.3, 0.4) is 0 Å². The van der Waals surface area contributed by atoms with E-state index in [1.807, 2.05) is 47.0 Å². The van der Waals surface area contributed by atoms with Gasteiger partial charge in [-0.25, -0.2) is 0 Å². The quantitative estimate of drug-likeness (QED) is 0.0782. The predicted molar refractivity (Wildman–Crippen MR) is 177 cm³/mol. The van der Waals surface area contributed by atoms with Crippen LogP contribution in [-0.2, 0) is 9.59 Å². The minimum Gasteiger partial charge on any atom is -0.282 e. The topological polar surface area (TPSA) is 34.1 Å². The lowest BCUT2D eigenvalue weighted by atomic mass is 10.4. The summed E-state index contributed by atoms with van der Waals surface area (Å²) in [6.07, 6.45) is 0. The molecule has 0 radical (unpaired) electrons. The molecular weight excluding hydrogens is 593 g/mol. The number of carbonyl (C=O) groups is 2. The van der Waals surface area contributed by atoms with Crippen LogP contribution in [0.15, 0.2) is 92.4 Å². The average molecular weight is 627 g/mol. The molecule has 0 amide bonds. The molecule has 0 aromatic heterocycles. The third kappa shape index (κ3) is 14.1. The Balaban J connectivity index is 1.71. The van der Waals surface area contributed by atoms with Crippen LogP contribution in [0, 0.1) is 0 Å². The van der Waals surface area contributed by atoms with E-state index >= 15 is 0 Å². The first-order valence-electron chi connectivity index (χ1n) is 11.7. The van der Waals surface area contributed by atoms with E-state index in [0.29, 0.717) is 20.3 Å². The second-order valence-electron chi connectivity index (χ2n) is 7.99. The van der Waals surface area contributed by atoms with Crippen molar-refractivity contribution in [3.05, 3.63) is 72.8 Å². The van der Waals surface area contributed by atoms with Crippen molar-refractivity contribution in [2.75, 3.05) is 23.0 Å². The molecule has 0 saturated heterocycles. The Labute approximate surface area is 252 Å². The standard InChI is InChI=1S/C28H34O2S7/c1-19(2)27(29)33-17-15-31-21(5)35-23-7-11-25(12-8-23)37-26-13-9-24(10-14-26)36-22(6)32-16-18-34-28(30)20(3)4/h7-14,21-22H,1,3,15-18H2,2,4-6H3. The van der Waals surface area contributed by atoms with Gasteiger partial charge in [0.15, 0.2) is 0 Å². The molecule has 0 aliphatic rings. The molecule has 2 unspecified atom stereocenters. The molecule has 0 bridgehead atoms. The minimum atomic E-state index is 0.0930. The van der Waals surface area contributed by atoms with Crippen molar-refractivity contribution in [2.24, 2.45) is 0 Å². The monoisotopic (exact) mass is 626 g/mol. The van der Waals surface area contributed by atoms with Gasteiger partial charge < -0.3 is 0 Å². The van der Waals surface area contributed by atoms with Crippen molar-refractivity contribution in [3.63, 3.8) is 0 Å². The summed E-state index contributed by atoms with van der Waals surface area (Å²) in [5.41, 5.74) is 1.24. The summed E-state index contributed by atoms with van der Waals surface area (Å²) in [6.45, 7) is 15.3. The van der Waals surface area contributed by atoms with Crippen LogP contribution in [-0.4, -0.2) is 42.4 Å². The Hall–Kier alpha value is -0.290. The van der Waals surface area contributed by atoms with E-state index in [9.17, 15) is 9.59 Å². The summed E-state index contributed by atoms with van der Waals surface area (Å²) >= 11 is 12.0. The molecule has 2 aromatic carbocycles. The fourth-order valence-electron chi connectivity index (χ4n) is 2.70. The van der Waals surface area contributed by atoms with Gasteiger partial charge in [-0.1, -0.05) is 48.4 Å². The van der Waals surface area contributed by atoms with E-state index in [1.165, 1.54) is 43.1 Å². The van der Waals surface area contributed by atoms with Crippen molar-refractivity contribution in [1.82, 2.24) is 0 Å². The van der Waals surface area contributed by atoms with Crippen molar-refractivity contribution in [2.45, 2.75) is 56.4 Å². The molecule has 9 heteroatoms. The maximum Gasteiger partial charge on any atom is 0.214 e. The fourth-order valence-corrected chi connectivity index (χ4v) is 9.62. The number of benzene rings is 2. The van der Waals surface area contributed by atoms with Gasteiger partial charge in [-0.2, -0.15) is 0 Å². The fraction of sp³-hybridized carbons (Fsp3) is 0.357. The number of carbonyl (C=O) groups excluding carboxylic acids is 2. The van der Waals surface area contributed by atoms with Crippen LogP contribution in [0.4, 0.5) is 0 Å². The first kappa shape index (κ1) is 32.9. The molecule has 0 N–H and O–H groups in total.